The highest BCUT2D eigenvalue weighted by Crippen LogP contribution is 2.15. The highest BCUT2D eigenvalue weighted by atomic mass is 16.5. The first-order chi connectivity index (χ1) is 10.2. The summed E-state index contributed by atoms with van der Waals surface area (Å²) in [7, 11) is 1.66. The maximum Gasteiger partial charge on any atom is 0.193 e. The van der Waals surface area contributed by atoms with Crippen molar-refractivity contribution < 1.29 is 4.74 Å². The van der Waals surface area contributed by atoms with E-state index >= 15 is 0 Å². The molecule has 3 N–H and O–H groups in total. The van der Waals surface area contributed by atoms with Gasteiger partial charge in [0.25, 0.3) is 0 Å². The Hall–Kier alpha value is -2.41. The van der Waals surface area contributed by atoms with Gasteiger partial charge in [0.2, 0.25) is 0 Å². The van der Waals surface area contributed by atoms with Crippen molar-refractivity contribution in [2.24, 2.45) is 10.7 Å². The summed E-state index contributed by atoms with van der Waals surface area (Å²) in [6, 6.07) is 7.80. The molecule has 7 heteroatoms. The van der Waals surface area contributed by atoms with Crippen molar-refractivity contribution in [1.29, 1.82) is 0 Å². The number of methoxy groups -OCH3 is 1. The quantitative estimate of drug-likeness (QED) is 0.619. The molecular weight excluding hydrogens is 268 g/mol. The van der Waals surface area contributed by atoms with Gasteiger partial charge in [0.05, 0.1) is 6.61 Å². The normalized spacial score (nSPS) is 11.6. The van der Waals surface area contributed by atoms with Gasteiger partial charge in [0.1, 0.15) is 12.9 Å². The Morgan fingerprint density at radius 2 is 2.24 bits per heavy atom. The fourth-order valence-electron chi connectivity index (χ4n) is 1.92. The SMILES string of the molecule is CCn1cnnc1CN=C(N)Nc1ccccc1COC. The number of para-hydroxylation sites is 1. The lowest BCUT2D eigenvalue weighted by Crippen LogP contribution is -2.23. The van der Waals surface area contributed by atoms with E-state index in [9.17, 15) is 0 Å². The molecule has 0 saturated heterocycles. The van der Waals surface area contributed by atoms with Crippen LogP contribution < -0.4 is 11.1 Å². The summed E-state index contributed by atoms with van der Waals surface area (Å²) in [5, 5.41) is 11.0. The van der Waals surface area contributed by atoms with Gasteiger partial charge in [-0.3, -0.25) is 0 Å². The molecule has 21 heavy (non-hydrogen) atoms. The zero-order valence-corrected chi connectivity index (χ0v) is 12.3. The number of hydrogen-bond donors (Lipinski definition) is 2. The van der Waals surface area contributed by atoms with E-state index in [0.29, 0.717) is 19.1 Å². The van der Waals surface area contributed by atoms with Crippen LogP contribution in [0.15, 0.2) is 35.6 Å². The van der Waals surface area contributed by atoms with Crippen LogP contribution in [0.3, 0.4) is 0 Å². The summed E-state index contributed by atoms with van der Waals surface area (Å²) in [5.74, 6) is 1.12. The monoisotopic (exact) mass is 288 g/mol. The van der Waals surface area contributed by atoms with Crippen molar-refractivity contribution in [3.63, 3.8) is 0 Å². The molecule has 2 rings (SSSR count). The van der Waals surface area contributed by atoms with Crippen LogP contribution in [0.5, 0.6) is 0 Å². The second-order valence-electron chi connectivity index (χ2n) is 4.45. The van der Waals surface area contributed by atoms with Crippen LogP contribution in [0.1, 0.15) is 18.3 Å². The number of anilines is 1. The van der Waals surface area contributed by atoms with Gasteiger partial charge in [0.15, 0.2) is 11.8 Å². The number of nitrogens with two attached hydrogens (primary N) is 1. The minimum atomic E-state index is 0.337. The first-order valence-corrected chi connectivity index (χ1v) is 6.75. The van der Waals surface area contributed by atoms with Crippen LogP contribution in [0.2, 0.25) is 0 Å². The van der Waals surface area contributed by atoms with Crippen LogP contribution in [-0.4, -0.2) is 27.8 Å². The minimum Gasteiger partial charge on any atom is -0.380 e. The molecule has 1 aromatic heterocycles. The number of benzene rings is 1. The highest BCUT2D eigenvalue weighted by molar-refractivity contribution is 5.92. The van der Waals surface area contributed by atoms with E-state index in [1.54, 1.807) is 13.4 Å². The zero-order chi connectivity index (χ0) is 15.1. The van der Waals surface area contributed by atoms with Gasteiger partial charge in [-0.05, 0) is 13.0 Å². The second kappa shape index (κ2) is 7.39. The number of aryl methyl sites for hydroxylation is 1. The van der Waals surface area contributed by atoms with Crippen molar-refractivity contribution in [3.8, 4) is 0 Å². The Morgan fingerprint density at radius 1 is 1.43 bits per heavy atom. The molecule has 112 valence electrons. The van der Waals surface area contributed by atoms with E-state index in [-0.39, 0.29) is 0 Å². The largest absolute Gasteiger partial charge is 0.380 e. The molecule has 0 radical (unpaired) electrons. The molecule has 0 atom stereocenters. The van der Waals surface area contributed by atoms with E-state index in [1.807, 2.05) is 35.8 Å². The van der Waals surface area contributed by atoms with Crippen molar-refractivity contribution in [2.75, 3.05) is 12.4 Å². The molecule has 0 spiro atoms. The number of aromatic nitrogens is 3. The molecule has 0 fully saturated rings. The molecule has 0 aliphatic rings. The average molecular weight is 288 g/mol. The second-order valence-corrected chi connectivity index (χ2v) is 4.45. The average Bonchev–Trinajstić information content (AvgIpc) is 2.95. The number of hydrogen-bond acceptors (Lipinski definition) is 4. The van der Waals surface area contributed by atoms with E-state index < -0.39 is 0 Å². The first-order valence-electron chi connectivity index (χ1n) is 6.75. The molecule has 1 heterocycles. The molecular formula is C14H20N6O. The van der Waals surface area contributed by atoms with Crippen LogP contribution in [0, 0.1) is 0 Å². The topological polar surface area (TPSA) is 90.4 Å². The molecule has 0 bridgehead atoms. The number of rotatable bonds is 6. The van der Waals surface area contributed by atoms with Crippen molar-refractivity contribution in [1.82, 2.24) is 14.8 Å². The smallest absolute Gasteiger partial charge is 0.193 e. The van der Waals surface area contributed by atoms with E-state index in [4.69, 9.17) is 10.5 Å². The fourth-order valence-corrected chi connectivity index (χ4v) is 1.92. The van der Waals surface area contributed by atoms with E-state index in [0.717, 1.165) is 23.6 Å². The van der Waals surface area contributed by atoms with Crippen molar-refractivity contribution >= 4 is 11.6 Å². The summed E-state index contributed by atoms with van der Waals surface area (Å²) in [5.41, 5.74) is 7.83. The number of aliphatic imine (C=N–C) groups is 1. The van der Waals surface area contributed by atoms with Crippen LogP contribution >= 0.6 is 0 Å². The van der Waals surface area contributed by atoms with Crippen LogP contribution in [0.4, 0.5) is 5.69 Å². The summed E-state index contributed by atoms with van der Waals surface area (Å²) in [6.07, 6.45) is 1.68. The Morgan fingerprint density at radius 3 is 3.00 bits per heavy atom. The fraction of sp³-hybridized carbons (Fsp3) is 0.357. The summed E-state index contributed by atoms with van der Waals surface area (Å²) >= 11 is 0. The molecule has 0 saturated carbocycles. The number of ether oxygens (including phenoxy) is 1. The molecule has 0 aliphatic carbocycles. The van der Waals surface area contributed by atoms with Gasteiger partial charge in [-0.25, -0.2) is 4.99 Å². The predicted molar refractivity (Wildman–Crippen MR) is 81.8 cm³/mol. The molecule has 0 aliphatic heterocycles. The number of nitrogens with one attached hydrogen (secondary N) is 1. The van der Waals surface area contributed by atoms with Gasteiger partial charge in [-0.1, -0.05) is 18.2 Å². The molecule has 2 aromatic rings. The summed E-state index contributed by atoms with van der Waals surface area (Å²) in [4.78, 5) is 4.29. The zero-order valence-electron chi connectivity index (χ0n) is 12.3. The third-order valence-electron chi connectivity index (χ3n) is 3.01. The Balaban J connectivity index is 2.04. The molecule has 0 unspecified atom stereocenters. The van der Waals surface area contributed by atoms with Gasteiger partial charge < -0.3 is 20.4 Å². The Labute approximate surface area is 123 Å². The van der Waals surface area contributed by atoms with E-state index in [2.05, 4.69) is 20.5 Å². The maximum absolute atomic E-state index is 5.92. The van der Waals surface area contributed by atoms with Gasteiger partial charge >= 0.3 is 0 Å². The van der Waals surface area contributed by atoms with Gasteiger partial charge in [-0.15, -0.1) is 10.2 Å². The summed E-state index contributed by atoms with van der Waals surface area (Å²) < 4.78 is 7.08. The molecule has 0 amide bonds. The van der Waals surface area contributed by atoms with Gasteiger partial charge in [-0.2, -0.15) is 0 Å². The van der Waals surface area contributed by atoms with Crippen LogP contribution in [-0.2, 0) is 24.4 Å². The lowest BCUT2D eigenvalue weighted by Gasteiger charge is -2.10. The third-order valence-corrected chi connectivity index (χ3v) is 3.01. The van der Waals surface area contributed by atoms with Gasteiger partial charge in [0, 0.05) is 24.9 Å². The van der Waals surface area contributed by atoms with Crippen LogP contribution in [0.25, 0.3) is 0 Å². The molecule has 7 nitrogen and oxygen atoms in total. The first kappa shape index (κ1) is 15.0. The minimum absolute atomic E-state index is 0.337. The standard InChI is InChI=1S/C14H20N6O/c1-3-20-10-17-19-13(20)8-16-14(15)18-12-7-5-4-6-11(12)9-21-2/h4-7,10H,3,8-9H2,1-2H3,(H3,15,16,18). The maximum atomic E-state index is 5.92. The Bertz CT molecular complexity index is 607. The molecule has 1 aromatic carbocycles. The lowest BCUT2D eigenvalue weighted by atomic mass is 10.2. The number of nitrogens with zero attached hydrogens (tertiary/aromatic N) is 4. The van der Waals surface area contributed by atoms with E-state index in [1.165, 1.54) is 0 Å². The predicted octanol–water partition coefficient (Wildman–Crippen LogP) is 1.37. The third kappa shape index (κ3) is 4.03. The van der Waals surface area contributed by atoms with Crippen molar-refractivity contribution in [3.05, 3.63) is 42.0 Å². The summed E-state index contributed by atoms with van der Waals surface area (Å²) in [6.45, 7) is 3.74. The lowest BCUT2D eigenvalue weighted by molar-refractivity contribution is 0.185. The number of guanidine groups is 1. The Kier molecular flexibility index (Phi) is 5.28. The highest BCUT2D eigenvalue weighted by Gasteiger charge is 2.04. The van der Waals surface area contributed by atoms with Crippen molar-refractivity contribution in [2.45, 2.75) is 26.6 Å².